The minimum absolute atomic E-state index is 0.170. The maximum Gasteiger partial charge on any atom is 0.269 e. The van der Waals surface area contributed by atoms with Crippen molar-refractivity contribution in [2.75, 3.05) is 0 Å². The van der Waals surface area contributed by atoms with Crippen LogP contribution in [0, 0.1) is 6.92 Å². The molecule has 2 rings (SSSR count). The van der Waals surface area contributed by atoms with Crippen LogP contribution >= 0.6 is 27.5 Å². The molecule has 0 saturated heterocycles. The van der Waals surface area contributed by atoms with Crippen LogP contribution in [0.25, 0.3) is 0 Å². The van der Waals surface area contributed by atoms with Gasteiger partial charge in [0.15, 0.2) is 5.15 Å². The first-order valence-corrected chi connectivity index (χ1v) is 6.08. The normalized spacial score (nSPS) is 10.5. The number of pyridine rings is 1. The Hall–Kier alpha value is -1.20. The quantitative estimate of drug-likeness (QED) is 0.800. The number of aromatic nitrogens is 3. The zero-order valence-corrected chi connectivity index (χ0v) is 11.4. The maximum absolute atomic E-state index is 11.8. The van der Waals surface area contributed by atoms with Crippen LogP contribution in [0.1, 0.15) is 11.4 Å². The van der Waals surface area contributed by atoms with Crippen molar-refractivity contribution in [3.63, 3.8) is 0 Å². The summed E-state index contributed by atoms with van der Waals surface area (Å²) in [6.45, 7) is 2.28. The molecule has 0 aliphatic rings. The highest BCUT2D eigenvalue weighted by Gasteiger charge is 2.07. The van der Waals surface area contributed by atoms with Gasteiger partial charge in [-0.05, 0) is 35.0 Å². The van der Waals surface area contributed by atoms with E-state index >= 15 is 0 Å². The molecule has 2 heterocycles. The van der Waals surface area contributed by atoms with Gasteiger partial charge in [-0.1, -0.05) is 17.7 Å². The van der Waals surface area contributed by atoms with Crippen molar-refractivity contribution in [2.24, 2.45) is 0 Å². The first kappa shape index (κ1) is 12.3. The van der Waals surface area contributed by atoms with Crippen LogP contribution in [0.5, 0.6) is 0 Å². The van der Waals surface area contributed by atoms with Gasteiger partial charge in [-0.15, -0.1) is 0 Å². The molecule has 0 bridgehead atoms. The molecule has 0 saturated carbocycles. The van der Waals surface area contributed by atoms with Gasteiger partial charge in [0.25, 0.3) is 5.56 Å². The van der Waals surface area contributed by atoms with Crippen molar-refractivity contribution in [1.82, 2.24) is 14.5 Å². The fourth-order valence-electron chi connectivity index (χ4n) is 1.42. The summed E-state index contributed by atoms with van der Waals surface area (Å²) in [6.07, 6.45) is 1.42. The minimum Gasteiger partial charge on any atom is -0.292 e. The highest BCUT2D eigenvalue weighted by molar-refractivity contribution is 9.10. The van der Waals surface area contributed by atoms with Crippen LogP contribution in [0.3, 0.4) is 0 Å². The summed E-state index contributed by atoms with van der Waals surface area (Å²) in [4.78, 5) is 20.1. The number of hydrogen-bond donors (Lipinski definition) is 0. The molecule has 0 aliphatic carbocycles. The van der Waals surface area contributed by atoms with Crippen LogP contribution < -0.4 is 5.56 Å². The summed E-state index contributed by atoms with van der Waals surface area (Å²) >= 11 is 8.84. The van der Waals surface area contributed by atoms with Gasteiger partial charge in [-0.25, -0.2) is 4.98 Å². The predicted octanol–water partition coefficient (Wildman–Crippen LogP) is 2.41. The molecule has 2 aromatic heterocycles. The molecule has 0 spiro atoms. The van der Waals surface area contributed by atoms with E-state index in [0.29, 0.717) is 6.54 Å². The Morgan fingerprint density at radius 3 is 2.94 bits per heavy atom. The molecule has 0 unspecified atom stereocenters. The van der Waals surface area contributed by atoms with E-state index in [1.807, 2.05) is 25.1 Å². The summed E-state index contributed by atoms with van der Waals surface area (Å²) in [6, 6.07) is 5.67. The number of hydrogen-bond acceptors (Lipinski definition) is 3. The third kappa shape index (κ3) is 2.73. The van der Waals surface area contributed by atoms with Gasteiger partial charge in [-0.2, -0.15) is 0 Å². The lowest BCUT2D eigenvalue weighted by Crippen LogP contribution is -2.22. The Labute approximate surface area is 111 Å². The first-order chi connectivity index (χ1) is 8.08. The van der Waals surface area contributed by atoms with E-state index in [1.165, 1.54) is 10.9 Å². The SMILES string of the molecule is Cc1cccc(Cn2cnc(Cl)c(Br)c2=O)n1. The van der Waals surface area contributed by atoms with Crippen LogP contribution in [0.15, 0.2) is 33.8 Å². The Bertz CT molecular complexity index is 612. The van der Waals surface area contributed by atoms with Crippen molar-refractivity contribution < 1.29 is 0 Å². The monoisotopic (exact) mass is 313 g/mol. The molecule has 0 fully saturated rings. The largest absolute Gasteiger partial charge is 0.292 e. The van der Waals surface area contributed by atoms with E-state index in [4.69, 9.17) is 11.6 Å². The van der Waals surface area contributed by atoms with Crippen molar-refractivity contribution in [1.29, 1.82) is 0 Å². The van der Waals surface area contributed by atoms with Crippen LogP contribution in [-0.4, -0.2) is 14.5 Å². The van der Waals surface area contributed by atoms with Gasteiger partial charge in [-0.3, -0.25) is 14.3 Å². The van der Waals surface area contributed by atoms with Gasteiger partial charge in [0.2, 0.25) is 0 Å². The molecule has 0 radical (unpaired) electrons. The third-order valence-corrected chi connectivity index (χ3v) is 3.45. The van der Waals surface area contributed by atoms with Gasteiger partial charge < -0.3 is 0 Å². The maximum atomic E-state index is 11.8. The van der Waals surface area contributed by atoms with Gasteiger partial charge >= 0.3 is 0 Å². The van der Waals surface area contributed by atoms with Crippen molar-refractivity contribution >= 4 is 27.5 Å². The second kappa shape index (κ2) is 4.98. The van der Waals surface area contributed by atoms with Crippen molar-refractivity contribution in [3.8, 4) is 0 Å². The number of rotatable bonds is 2. The molecule has 88 valence electrons. The summed E-state index contributed by atoms with van der Waals surface area (Å²) in [5.74, 6) is 0. The van der Waals surface area contributed by atoms with E-state index in [-0.39, 0.29) is 15.2 Å². The molecule has 2 aromatic rings. The Kier molecular flexibility index (Phi) is 3.59. The standard InChI is InChI=1S/C11H9BrClN3O/c1-7-3-2-4-8(15-7)5-16-6-14-10(13)9(12)11(16)17/h2-4,6H,5H2,1H3. The number of nitrogens with zero attached hydrogens (tertiary/aromatic N) is 3. The van der Waals surface area contributed by atoms with Crippen LogP contribution in [-0.2, 0) is 6.54 Å². The zero-order valence-electron chi connectivity index (χ0n) is 9.02. The molecular weight excluding hydrogens is 305 g/mol. The highest BCUT2D eigenvalue weighted by Crippen LogP contribution is 2.13. The third-order valence-electron chi connectivity index (χ3n) is 2.22. The van der Waals surface area contributed by atoms with Crippen LogP contribution in [0.4, 0.5) is 0 Å². The second-order valence-electron chi connectivity index (χ2n) is 3.55. The lowest BCUT2D eigenvalue weighted by atomic mass is 10.3. The average molecular weight is 315 g/mol. The summed E-state index contributed by atoms with van der Waals surface area (Å²) in [5.41, 5.74) is 1.51. The lowest BCUT2D eigenvalue weighted by molar-refractivity contribution is 0.712. The average Bonchev–Trinajstić information content (AvgIpc) is 2.30. The topological polar surface area (TPSA) is 47.8 Å². The molecular formula is C11H9BrClN3O. The van der Waals surface area contributed by atoms with E-state index in [0.717, 1.165) is 11.4 Å². The molecule has 6 heteroatoms. The first-order valence-electron chi connectivity index (χ1n) is 4.91. The number of halogens is 2. The molecule has 0 N–H and O–H groups in total. The number of aryl methyl sites for hydroxylation is 1. The molecule has 17 heavy (non-hydrogen) atoms. The van der Waals surface area contributed by atoms with Gasteiger partial charge in [0.1, 0.15) is 4.47 Å². The highest BCUT2D eigenvalue weighted by atomic mass is 79.9. The van der Waals surface area contributed by atoms with E-state index in [2.05, 4.69) is 25.9 Å². The van der Waals surface area contributed by atoms with Crippen LogP contribution in [0.2, 0.25) is 5.15 Å². The minimum atomic E-state index is -0.215. The molecule has 0 aliphatic heterocycles. The van der Waals surface area contributed by atoms with E-state index < -0.39 is 0 Å². The molecule has 0 amide bonds. The molecule has 0 aromatic carbocycles. The fraction of sp³-hybridized carbons (Fsp3) is 0.182. The molecule has 4 nitrogen and oxygen atoms in total. The fourth-order valence-corrected chi connectivity index (χ4v) is 1.87. The van der Waals surface area contributed by atoms with Crippen molar-refractivity contribution in [3.05, 3.63) is 55.9 Å². The molecule has 0 atom stereocenters. The van der Waals surface area contributed by atoms with E-state index in [9.17, 15) is 4.79 Å². The van der Waals surface area contributed by atoms with Gasteiger partial charge in [0.05, 0.1) is 18.6 Å². The van der Waals surface area contributed by atoms with E-state index in [1.54, 1.807) is 0 Å². The smallest absolute Gasteiger partial charge is 0.269 e. The summed E-state index contributed by atoms with van der Waals surface area (Å²) in [7, 11) is 0. The predicted molar refractivity (Wildman–Crippen MR) is 69.3 cm³/mol. The lowest BCUT2D eigenvalue weighted by Gasteiger charge is -2.06. The summed E-state index contributed by atoms with van der Waals surface area (Å²) in [5, 5.41) is 0.170. The Morgan fingerprint density at radius 1 is 1.47 bits per heavy atom. The summed E-state index contributed by atoms with van der Waals surface area (Å²) < 4.78 is 1.73. The Morgan fingerprint density at radius 2 is 2.24 bits per heavy atom. The zero-order chi connectivity index (χ0) is 12.4. The Balaban J connectivity index is 2.37. The van der Waals surface area contributed by atoms with Gasteiger partial charge in [0, 0.05) is 5.69 Å². The van der Waals surface area contributed by atoms with Crippen molar-refractivity contribution in [2.45, 2.75) is 13.5 Å². The second-order valence-corrected chi connectivity index (χ2v) is 4.70.